The van der Waals surface area contributed by atoms with Gasteiger partial charge in [-0.25, -0.2) is 9.97 Å². The second-order valence-electron chi connectivity index (χ2n) is 6.66. The summed E-state index contributed by atoms with van der Waals surface area (Å²) in [4.78, 5) is 24.5. The molecular formula is C20H22N4OS2. The van der Waals surface area contributed by atoms with Crippen molar-refractivity contribution in [1.29, 1.82) is 0 Å². The van der Waals surface area contributed by atoms with Crippen molar-refractivity contribution < 1.29 is 4.79 Å². The van der Waals surface area contributed by atoms with Crippen molar-refractivity contribution in [3.63, 3.8) is 0 Å². The largest absolute Gasteiger partial charge is 0.326 e. The van der Waals surface area contributed by atoms with Gasteiger partial charge in [0.25, 0.3) is 0 Å². The van der Waals surface area contributed by atoms with E-state index < -0.39 is 0 Å². The summed E-state index contributed by atoms with van der Waals surface area (Å²) >= 11 is 3.36. The number of carbonyl (C=O) groups is 1. The number of thiazole rings is 2. The predicted octanol–water partition coefficient (Wildman–Crippen LogP) is 4.26. The first kappa shape index (κ1) is 18.3. The third-order valence-corrected chi connectivity index (χ3v) is 6.83. The highest BCUT2D eigenvalue weighted by Crippen LogP contribution is 2.34. The summed E-state index contributed by atoms with van der Waals surface area (Å²) in [6, 6.07) is 8.01. The predicted molar refractivity (Wildman–Crippen MR) is 111 cm³/mol. The van der Waals surface area contributed by atoms with Crippen molar-refractivity contribution in [3.05, 3.63) is 52.1 Å². The quantitative estimate of drug-likeness (QED) is 0.646. The van der Waals surface area contributed by atoms with E-state index in [1.165, 1.54) is 9.88 Å². The maximum absolute atomic E-state index is 12.1. The Balaban J connectivity index is 1.32. The molecule has 27 heavy (non-hydrogen) atoms. The number of nitrogens with zero attached hydrogens (tertiary/aromatic N) is 3. The molecule has 1 fully saturated rings. The topological polar surface area (TPSA) is 58.1 Å². The third kappa shape index (κ3) is 4.43. The summed E-state index contributed by atoms with van der Waals surface area (Å²) in [7, 11) is 0. The summed E-state index contributed by atoms with van der Waals surface area (Å²) in [5, 5.41) is 7.11. The molecule has 1 aromatic carbocycles. The molecule has 0 unspecified atom stereocenters. The average molecular weight is 399 g/mol. The standard InChI is InChI=1S/C20H22N4OS2/c1-2-24-12-15(13-24)20-22-11-17(27-20)14-3-5-16(6-4-14)23-18(25)7-8-19-21-9-10-26-19/h3-6,9-11,15H,2,7-8,12-13H2,1H3,(H,23,25). The lowest BCUT2D eigenvalue weighted by Crippen LogP contribution is -2.44. The molecule has 1 aliphatic rings. The Morgan fingerprint density at radius 1 is 1.26 bits per heavy atom. The van der Waals surface area contributed by atoms with Gasteiger partial charge in [-0.1, -0.05) is 19.1 Å². The van der Waals surface area contributed by atoms with Gasteiger partial charge in [0.05, 0.1) is 14.9 Å². The van der Waals surface area contributed by atoms with E-state index in [0.29, 0.717) is 18.8 Å². The zero-order valence-corrected chi connectivity index (χ0v) is 16.9. The molecule has 3 aromatic rings. The van der Waals surface area contributed by atoms with Gasteiger partial charge in [-0.3, -0.25) is 4.79 Å². The molecule has 5 nitrogen and oxygen atoms in total. The molecule has 0 spiro atoms. The summed E-state index contributed by atoms with van der Waals surface area (Å²) < 4.78 is 0. The lowest BCUT2D eigenvalue weighted by molar-refractivity contribution is -0.116. The van der Waals surface area contributed by atoms with Crippen LogP contribution in [0.25, 0.3) is 10.4 Å². The van der Waals surface area contributed by atoms with E-state index >= 15 is 0 Å². The molecule has 2 aromatic heterocycles. The fraction of sp³-hybridized carbons (Fsp3) is 0.350. The van der Waals surface area contributed by atoms with Crippen LogP contribution < -0.4 is 5.32 Å². The Morgan fingerprint density at radius 2 is 2.07 bits per heavy atom. The molecule has 140 valence electrons. The van der Waals surface area contributed by atoms with Crippen LogP contribution in [0.3, 0.4) is 0 Å². The second kappa shape index (κ2) is 8.29. The molecule has 0 bridgehead atoms. The van der Waals surface area contributed by atoms with Crippen molar-refractivity contribution in [3.8, 4) is 10.4 Å². The molecule has 0 saturated carbocycles. The fourth-order valence-electron chi connectivity index (χ4n) is 3.13. The minimum atomic E-state index is 0.0171. The Bertz CT molecular complexity index is 883. The first-order valence-electron chi connectivity index (χ1n) is 9.18. The van der Waals surface area contributed by atoms with Crippen LogP contribution in [0.4, 0.5) is 5.69 Å². The molecule has 1 aliphatic heterocycles. The van der Waals surface area contributed by atoms with Gasteiger partial charge in [0, 0.05) is 55.3 Å². The van der Waals surface area contributed by atoms with E-state index in [1.54, 1.807) is 28.9 Å². The molecule has 1 N–H and O–H groups in total. The number of rotatable bonds is 7. The van der Waals surface area contributed by atoms with Gasteiger partial charge < -0.3 is 10.2 Å². The molecule has 7 heteroatoms. The number of likely N-dealkylation sites (tertiary alicyclic amines) is 1. The lowest BCUT2D eigenvalue weighted by Gasteiger charge is -2.37. The summed E-state index contributed by atoms with van der Waals surface area (Å²) in [5.41, 5.74) is 1.97. The SMILES string of the molecule is CCN1CC(c2ncc(-c3ccc(NC(=O)CCc4nccs4)cc3)s2)C1. The Labute approximate surface area is 167 Å². The number of amides is 1. The molecular weight excluding hydrogens is 376 g/mol. The number of hydrogen-bond acceptors (Lipinski definition) is 6. The van der Waals surface area contributed by atoms with Crippen LogP contribution in [0.15, 0.2) is 42.0 Å². The first-order valence-corrected chi connectivity index (χ1v) is 10.9. The van der Waals surface area contributed by atoms with E-state index in [2.05, 4.69) is 27.1 Å². The van der Waals surface area contributed by atoms with Crippen molar-refractivity contribution in [2.75, 3.05) is 25.0 Å². The maximum Gasteiger partial charge on any atom is 0.224 e. The molecule has 0 radical (unpaired) electrons. The van der Waals surface area contributed by atoms with E-state index in [-0.39, 0.29) is 5.91 Å². The van der Waals surface area contributed by atoms with Crippen LogP contribution in [-0.4, -0.2) is 40.4 Å². The lowest BCUT2D eigenvalue weighted by atomic mass is 10.0. The number of nitrogens with one attached hydrogen (secondary N) is 1. The minimum Gasteiger partial charge on any atom is -0.326 e. The van der Waals surface area contributed by atoms with E-state index in [4.69, 9.17) is 0 Å². The highest BCUT2D eigenvalue weighted by molar-refractivity contribution is 7.15. The molecule has 0 aliphatic carbocycles. The summed E-state index contributed by atoms with van der Waals surface area (Å²) in [6.45, 7) is 5.56. The number of likely N-dealkylation sites (N-methyl/N-ethyl adjacent to an activating group) is 1. The summed E-state index contributed by atoms with van der Waals surface area (Å²) in [5.74, 6) is 0.601. The van der Waals surface area contributed by atoms with E-state index in [0.717, 1.165) is 35.9 Å². The number of aromatic nitrogens is 2. The molecule has 1 amide bonds. The van der Waals surface area contributed by atoms with Gasteiger partial charge in [0.1, 0.15) is 0 Å². The molecule has 0 atom stereocenters. The van der Waals surface area contributed by atoms with Gasteiger partial charge in [-0.2, -0.15) is 0 Å². The van der Waals surface area contributed by atoms with Crippen molar-refractivity contribution >= 4 is 34.3 Å². The van der Waals surface area contributed by atoms with Gasteiger partial charge in [-0.05, 0) is 24.2 Å². The van der Waals surface area contributed by atoms with Gasteiger partial charge in [-0.15, -0.1) is 22.7 Å². The van der Waals surface area contributed by atoms with Crippen molar-refractivity contribution in [2.45, 2.75) is 25.7 Å². The van der Waals surface area contributed by atoms with Crippen LogP contribution in [-0.2, 0) is 11.2 Å². The molecule has 1 saturated heterocycles. The minimum absolute atomic E-state index is 0.0171. The second-order valence-corrected chi connectivity index (χ2v) is 8.70. The number of benzene rings is 1. The van der Waals surface area contributed by atoms with Crippen LogP contribution in [0.1, 0.15) is 29.3 Å². The maximum atomic E-state index is 12.1. The smallest absolute Gasteiger partial charge is 0.224 e. The number of aryl methyl sites for hydroxylation is 1. The Morgan fingerprint density at radius 3 is 2.78 bits per heavy atom. The van der Waals surface area contributed by atoms with E-state index in [9.17, 15) is 4.79 Å². The van der Waals surface area contributed by atoms with Crippen LogP contribution >= 0.6 is 22.7 Å². The van der Waals surface area contributed by atoms with Crippen LogP contribution in [0.5, 0.6) is 0 Å². The third-order valence-electron chi connectivity index (χ3n) is 4.78. The van der Waals surface area contributed by atoms with E-state index in [1.807, 2.05) is 35.8 Å². The van der Waals surface area contributed by atoms with Crippen LogP contribution in [0.2, 0.25) is 0 Å². The number of anilines is 1. The number of carbonyl (C=O) groups excluding carboxylic acids is 1. The molecule has 4 rings (SSSR count). The highest BCUT2D eigenvalue weighted by Gasteiger charge is 2.29. The molecule has 3 heterocycles. The number of hydrogen-bond donors (Lipinski definition) is 1. The van der Waals surface area contributed by atoms with Gasteiger partial charge in [0.15, 0.2) is 0 Å². The first-order chi connectivity index (χ1) is 13.2. The Hall–Kier alpha value is -2.09. The van der Waals surface area contributed by atoms with Gasteiger partial charge >= 0.3 is 0 Å². The fourth-order valence-corrected chi connectivity index (χ4v) is 4.76. The normalized spacial score (nSPS) is 14.9. The van der Waals surface area contributed by atoms with Crippen LogP contribution in [0, 0.1) is 0 Å². The van der Waals surface area contributed by atoms with Crippen molar-refractivity contribution in [2.24, 2.45) is 0 Å². The van der Waals surface area contributed by atoms with Crippen molar-refractivity contribution in [1.82, 2.24) is 14.9 Å². The van der Waals surface area contributed by atoms with Gasteiger partial charge in [0.2, 0.25) is 5.91 Å². The Kier molecular flexibility index (Phi) is 5.61. The average Bonchev–Trinajstić information content (AvgIpc) is 3.32. The summed E-state index contributed by atoms with van der Waals surface area (Å²) in [6.07, 6.45) is 4.87. The highest BCUT2D eigenvalue weighted by atomic mass is 32.1. The zero-order valence-electron chi connectivity index (χ0n) is 15.2. The monoisotopic (exact) mass is 398 g/mol. The zero-order chi connectivity index (χ0) is 18.6.